The van der Waals surface area contributed by atoms with Gasteiger partial charge in [0.1, 0.15) is 0 Å². The minimum Gasteiger partial charge on any atom is -0.352 e. The van der Waals surface area contributed by atoms with E-state index in [4.69, 9.17) is 0 Å². The molecule has 2 aromatic heterocycles. The third kappa shape index (κ3) is 3.40. The van der Waals surface area contributed by atoms with Crippen molar-refractivity contribution in [1.29, 1.82) is 0 Å². The number of amides is 1. The first kappa shape index (κ1) is 13.3. The van der Waals surface area contributed by atoms with Crippen molar-refractivity contribution in [2.24, 2.45) is 5.92 Å². The zero-order valence-corrected chi connectivity index (χ0v) is 11.2. The second-order valence-corrected chi connectivity index (χ2v) is 4.50. The van der Waals surface area contributed by atoms with E-state index in [-0.39, 0.29) is 11.8 Å². The normalized spacial score (nSPS) is 12.1. The highest BCUT2D eigenvalue weighted by molar-refractivity contribution is 5.78. The van der Waals surface area contributed by atoms with E-state index in [1.54, 1.807) is 17.1 Å². The summed E-state index contributed by atoms with van der Waals surface area (Å²) in [5, 5.41) is 7.01. The van der Waals surface area contributed by atoms with Crippen LogP contribution in [0.4, 0.5) is 0 Å². The minimum atomic E-state index is 0.0521. The average Bonchev–Trinajstić information content (AvgIpc) is 2.98. The molecule has 0 aromatic carbocycles. The van der Waals surface area contributed by atoms with Crippen LogP contribution in [-0.4, -0.2) is 20.7 Å². The van der Waals surface area contributed by atoms with E-state index in [0.29, 0.717) is 6.54 Å². The molecule has 1 atom stereocenters. The number of carbonyl (C=O) groups is 1. The number of hydrogen-bond donors (Lipinski definition) is 1. The first-order valence-corrected chi connectivity index (χ1v) is 6.43. The molecule has 0 radical (unpaired) electrons. The largest absolute Gasteiger partial charge is 0.352 e. The van der Waals surface area contributed by atoms with Crippen LogP contribution in [0, 0.1) is 5.92 Å². The van der Waals surface area contributed by atoms with Gasteiger partial charge in [-0.3, -0.25) is 4.79 Å². The molecule has 0 aliphatic heterocycles. The van der Waals surface area contributed by atoms with Crippen molar-refractivity contribution in [1.82, 2.24) is 20.1 Å². The predicted octanol–water partition coefficient (Wildman–Crippen LogP) is 1.93. The van der Waals surface area contributed by atoms with Gasteiger partial charge in [-0.2, -0.15) is 5.10 Å². The monoisotopic (exact) mass is 258 g/mol. The van der Waals surface area contributed by atoms with Crippen molar-refractivity contribution in [2.75, 3.05) is 0 Å². The van der Waals surface area contributed by atoms with E-state index in [9.17, 15) is 4.79 Å². The Bertz CT molecular complexity index is 519. The molecule has 0 aliphatic rings. The quantitative estimate of drug-likeness (QED) is 0.891. The van der Waals surface area contributed by atoms with Crippen molar-refractivity contribution >= 4 is 5.91 Å². The Balaban J connectivity index is 1.94. The number of carbonyl (C=O) groups excluding carboxylic acids is 1. The summed E-state index contributed by atoms with van der Waals surface area (Å²) in [6, 6.07) is 5.68. The number of nitrogens with zero attached hydrogens (tertiary/aromatic N) is 3. The average molecular weight is 258 g/mol. The van der Waals surface area contributed by atoms with Crippen LogP contribution < -0.4 is 5.32 Å². The van der Waals surface area contributed by atoms with E-state index in [1.807, 2.05) is 38.2 Å². The molecule has 0 bridgehead atoms. The van der Waals surface area contributed by atoms with Crippen LogP contribution in [-0.2, 0) is 11.3 Å². The van der Waals surface area contributed by atoms with Gasteiger partial charge < -0.3 is 5.32 Å². The predicted molar refractivity (Wildman–Crippen MR) is 72.7 cm³/mol. The SMILES string of the molecule is CC[C@H](C)C(=O)NCc1ccc(-n2cccn2)nc1. The van der Waals surface area contributed by atoms with E-state index in [0.717, 1.165) is 17.8 Å². The second kappa shape index (κ2) is 6.13. The van der Waals surface area contributed by atoms with Crippen LogP contribution in [0.25, 0.3) is 5.82 Å². The zero-order chi connectivity index (χ0) is 13.7. The highest BCUT2D eigenvalue weighted by atomic mass is 16.1. The van der Waals surface area contributed by atoms with E-state index >= 15 is 0 Å². The van der Waals surface area contributed by atoms with E-state index in [2.05, 4.69) is 15.4 Å². The summed E-state index contributed by atoms with van der Waals surface area (Å²) in [6.07, 6.45) is 6.16. The Morgan fingerprint density at radius 1 is 1.47 bits per heavy atom. The fourth-order valence-electron chi connectivity index (χ4n) is 1.61. The maximum atomic E-state index is 11.7. The highest BCUT2D eigenvalue weighted by Crippen LogP contribution is 2.05. The zero-order valence-electron chi connectivity index (χ0n) is 11.2. The van der Waals surface area contributed by atoms with Gasteiger partial charge in [0.15, 0.2) is 5.82 Å². The molecule has 5 nitrogen and oxygen atoms in total. The maximum Gasteiger partial charge on any atom is 0.223 e. The van der Waals surface area contributed by atoms with Crippen LogP contribution in [0.3, 0.4) is 0 Å². The summed E-state index contributed by atoms with van der Waals surface area (Å²) in [4.78, 5) is 16.0. The van der Waals surface area contributed by atoms with Crippen molar-refractivity contribution in [3.63, 3.8) is 0 Å². The molecule has 1 N–H and O–H groups in total. The van der Waals surface area contributed by atoms with Gasteiger partial charge in [-0.25, -0.2) is 9.67 Å². The van der Waals surface area contributed by atoms with Gasteiger partial charge in [-0.15, -0.1) is 0 Å². The fourth-order valence-corrected chi connectivity index (χ4v) is 1.61. The molecule has 0 unspecified atom stereocenters. The van der Waals surface area contributed by atoms with E-state index < -0.39 is 0 Å². The van der Waals surface area contributed by atoms with Crippen LogP contribution in [0.5, 0.6) is 0 Å². The van der Waals surface area contributed by atoms with Gasteiger partial charge in [0.25, 0.3) is 0 Å². The molecule has 2 aromatic rings. The lowest BCUT2D eigenvalue weighted by Crippen LogP contribution is -2.28. The van der Waals surface area contributed by atoms with Crippen LogP contribution in [0.1, 0.15) is 25.8 Å². The van der Waals surface area contributed by atoms with Gasteiger partial charge in [-0.1, -0.05) is 19.9 Å². The lowest BCUT2D eigenvalue weighted by Gasteiger charge is -2.10. The number of hydrogen-bond acceptors (Lipinski definition) is 3. The smallest absolute Gasteiger partial charge is 0.223 e. The Morgan fingerprint density at radius 2 is 2.32 bits per heavy atom. The number of nitrogens with one attached hydrogen (secondary N) is 1. The summed E-state index contributed by atoms with van der Waals surface area (Å²) in [5.74, 6) is 0.900. The summed E-state index contributed by atoms with van der Waals surface area (Å²) < 4.78 is 1.70. The van der Waals surface area contributed by atoms with Crippen LogP contribution in [0.15, 0.2) is 36.8 Å². The Hall–Kier alpha value is -2.17. The standard InChI is InChI=1S/C14H18N4O/c1-3-11(2)14(19)16-10-12-5-6-13(15-9-12)18-8-4-7-17-18/h4-9,11H,3,10H2,1-2H3,(H,16,19)/t11-/m0/s1. The number of rotatable bonds is 5. The Morgan fingerprint density at radius 3 is 2.89 bits per heavy atom. The fraction of sp³-hybridized carbons (Fsp3) is 0.357. The molecule has 0 saturated heterocycles. The molecule has 2 rings (SSSR count). The highest BCUT2D eigenvalue weighted by Gasteiger charge is 2.09. The van der Waals surface area contributed by atoms with Crippen LogP contribution in [0.2, 0.25) is 0 Å². The molecule has 19 heavy (non-hydrogen) atoms. The molecule has 0 aliphatic carbocycles. The van der Waals surface area contributed by atoms with Crippen molar-refractivity contribution in [3.05, 3.63) is 42.4 Å². The first-order valence-electron chi connectivity index (χ1n) is 6.43. The summed E-state index contributed by atoms with van der Waals surface area (Å²) in [6.45, 7) is 4.44. The molecule has 2 heterocycles. The van der Waals surface area contributed by atoms with Gasteiger partial charge >= 0.3 is 0 Å². The van der Waals surface area contributed by atoms with Crippen molar-refractivity contribution in [3.8, 4) is 5.82 Å². The molecule has 0 spiro atoms. The lowest BCUT2D eigenvalue weighted by atomic mass is 10.1. The Labute approximate surface area is 112 Å². The molecule has 0 fully saturated rings. The third-order valence-electron chi connectivity index (χ3n) is 3.07. The van der Waals surface area contributed by atoms with Gasteiger partial charge in [0.2, 0.25) is 5.91 Å². The van der Waals surface area contributed by atoms with Gasteiger partial charge in [0, 0.05) is 31.1 Å². The van der Waals surface area contributed by atoms with Crippen molar-refractivity contribution < 1.29 is 4.79 Å². The van der Waals surface area contributed by atoms with Crippen LogP contribution >= 0.6 is 0 Å². The van der Waals surface area contributed by atoms with Gasteiger partial charge in [-0.05, 0) is 24.1 Å². The molecule has 5 heteroatoms. The van der Waals surface area contributed by atoms with Crippen molar-refractivity contribution in [2.45, 2.75) is 26.8 Å². The molecular weight excluding hydrogens is 240 g/mol. The second-order valence-electron chi connectivity index (χ2n) is 4.50. The summed E-state index contributed by atoms with van der Waals surface area (Å²) in [5.41, 5.74) is 0.979. The summed E-state index contributed by atoms with van der Waals surface area (Å²) >= 11 is 0. The topological polar surface area (TPSA) is 59.8 Å². The number of aromatic nitrogens is 3. The maximum absolute atomic E-state index is 11.7. The molecular formula is C14H18N4O. The number of pyridine rings is 1. The molecule has 0 saturated carbocycles. The summed E-state index contributed by atoms with van der Waals surface area (Å²) in [7, 11) is 0. The third-order valence-corrected chi connectivity index (χ3v) is 3.07. The molecule has 100 valence electrons. The minimum absolute atomic E-state index is 0.0521. The lowest BCUT2D eigenvalue weighted by molar-refractivity contribution is -0.124. The Kier molecular flexibility index (Phi) is 4.28. The van der Waals surface area contributed by atoms with E-state index in [1.165, 1.54) is 0 Å². The van der Waals surface area contributed by atoms with Gasteiger partial charge in [0.05, 0.1) is 0 Å². The molecule has 1 amide bonds. The first-order chi connectivity index (χ1) is 9.20.